The van der Waals surface area contributed by atoms with E-state index in [0.717, 1.165) is 23.8 Å². The molecule has 1 amide bonds. The van der Waals surface area contributed by atoms with Gasteiger partial charge in [0.2, 0.25) is 5.91 Å². The molecule has 2 aromatic rings. The highest BCUT2D eigenvalue weighted by atomic mass is 16.5. The Hall–Kier alpha value is -2.37. The van der Waals surface area contributed by atoms with E-state index < -0.39 is 0 Å². The first-order chi connectivity index (χ1) is 11.1. The number of aryl methyl sites for hydroxylation is 1. The van der Waals surface area contributed by atoms with Crippen LogP contribution in [-0.2, 0) is 20.7 Å². The van der Waals surface area contributed by atoms with E-state index in [0.29, 0.717) is 24.4 Å². The van der Waals surface area contributed by atoms with Gasteiger partial charge in [-0.15, -0.1) is 0 Å². The molecule has 1 atom stereocenters. The lowest BCUT2D eigenvalue weighted by Gasteiger charge is -2.31. The number of benzene rings is 1. The van der Waals surface area contributed by atoms with Crippen LogP contribution >= 0.6 is 0 Å². The quantitative estimate of drug-likeness (QED) is 0.811. The first-order valence-corrected chi connectivity index (χ1v) is 7.79. The predicted octanol–water partition coefficient (Wildman–Crippen LogP) is 2.09. The van der Waals surface area contributed by atoms with Crippen LogP contribution in [0.2, 0.25) is 0 Å². The molecule has 0 N–H and O–H groups in total. The fourth-order valence-corrected chi connectivity index (χ4v) is 3.05. The molecule has 1 aliphatic heterocycles. The van der Waals surface area contributed by atoms with E-state index in [1.165, 1.54) is 7.11 Å². The van der Waals surface area contributed by atoms with Crippen molar-refractivity contribution in [1.29, 1.82) is 0 Å². The number of likely N-dealkylation sites (tertiary alicyclic amines) is 1. The number of methoxy groups -OCH3 is 1. The van der Waals surface area contributed by atoms with Crippen LogP contribution < -0.4 is 0 Å². The third kappa shape index (κ3) is 3.21. The summed E-state index contributed by atoms with van der Waals surface area (Å²) in [4.78, 5) is 25.9. The van der Waals surface area contributed by atoms with Crippen LogP contribution in [0.3, 0.4) is 0 Å². The molecule has 1 fully saturated rings. The summed E-state index contributed by atoms with van der Waals surface area (Å²) < 4.78 is 10.1. The Morgan fingerprint density at radius 3 is 3.04 bits per heavy atom. The molecular formula is C17H20N2O4. The van der Waals surface area contributed by atoms with Crippen LogP contribution in [0.1, 0.15) is 24.1 Å². The minimum Gasteiger partial charge on any atom is -0.469 e. The molecule has 1 saturated heterocycles. The molecule has 6 nitrogen and oxygen atoms in total. The maximum atomic E-state index is 12.5. The van der Waals surface area contributed by atoms with Crippen LogP contribution in [0, 0.1) is 12.8 Å². The van der Waals surface area contributed by atoms with E-state index in [2.05, 4.69) is 5.16 Å². The number of amides is 1. The van der Waals surface area contributed by atoms with E-state index in [1.54, 1.807) is 4.90 Å². The molecular weight excluding hydrogens is 296 g/mol. The van der Waals surface area contributed by atoms with E-state index in [9.17, 15) is 9.59 Å². The minimum atomic E-state index is -0.245. The summed E-state index contributed by atoms with van der Waals surface area (Å²) in [5.41, 5.74) is 2.43. The highest BCUT2D eigenvalue weighted by Crippen LogP contribution is 2.22. The highest BCUT2D eigenvalue weighted by molar-refractivity contribution is 5.87. The summed E-state index contributed by atoms with van der Waals surface area (Å²) in [5, 5.41) is 4.90. The zero-order valence-electron chi connectivity index (χ0n) is 13.4. The average Bonchev–Trinajstić information content (AvgIpc) is 2.96. The van der Waals surface area contributed by atoms with Crippen molar-refractivity contribution in [1.82, 2.24) is 10.1 Å². The molecule has 3 rings (SSSR count). The number of hydrogen-bond acceptors (Lipinski definition) is 5. The number of hydrogen-bond donors (Lipinski definition) is 0. The molecule has 0 aliphatic carbocycles. The number of ether oxygens (including phenoxy) is 1. The van der Waals surface area contributed by atoms with Crippen molar-refractivity contribution in [2.24, 2.45) is 5.92 Å². The highest BCUT2D eigenvalue weighted by Gasteiger charge is 2.29. The Labute approximate surface area is 134 Å². The van der Waals surface area contributed by atoms with E-state index in [1.807, 2.05) is 25.1 Å². The van der Waals surface area contributed by atoms with Gasteiger partial charge in [-0.2, -0.15) is 0 Å². The molecule has 23 heavy (non-hydrogen) atoms. The number of rotatable bonds is 3. The largest absolute Gasteiger partial charge is 0.469 e. The molecule has 1 aliphatic rings. The number of piperidine rings is 1. The van der Waals surface area contributed by atoms with Crippen molar-refractivity contribution in [2.45, 2.75) is 26.2 Å². The first kappa shape index (κ1) is 15.5. The average molecular weight is 316 g/mol. The second-order valence-electron chi connectivity index (χ2n) is 6.01. The molecule has 2 heterocycles. The van der Waals surface area contributed by atoms with E-state index in [-0.39, 0.29) is 24.2 Å². The van der Waals surface area contributed by atoms with Crippen molar-refractivity contribution in [3.05, 3.63) is 29.5 Å². The zero-order chi connectivity index (χ0) is 16.4. The fraction of sp³-hybridized carbons (Fsp3) is 0.471. The van der Waals surface area contributed by atoms with Crippen LogP contribution in [0.4, 0.5) is 0 Å². The van der Waals surface area contributed by atoms with Gasteiger partial charge in [0.25, 0.3) is 0 Å². The summed E-state index contributed by atoms with van der Waals surface area (Å²) in [6.07, 6.45) is 1.76. The Morgan fingerprint density at radius 1 is 1.43 bits per heavy atom. The molecule has 6 heteroatoms. The lowest BCUT2D eigenvalue weighted by Crippen LogP contribution is -2.43. The summed E-state index contributed by atoms with van der Waals surface area (Å²) in [5.74, 6) is -0.505. The van der Waals surface area contributed by atoms with Crippen molar-refractivity contribution in [3.63, 3.8) is 0 Å². The maximum Gasteiger partial charge on any atom is 0.310 e. The zero-order valence-corrected chi connectivity index (χ0v) is 13.4. The SMILES string of the molecule is COC(=O)C1CCCN(C(=O)Cc2noc3ccc(C)cc23)C1. The Bertz CT molecular complexity index is 737. The van der Waals surface area contributed by atoms with Crippen molar-refractivity contribution in [3.8, 4) is 0 Å². The molecule has 1 aromatic carbocycles. The van der Waals surface area contributed by atoms with Gasteiger partial charge in [-0.3, -0.25) is 9.59 Å². The Kier molecular flexibility index (Phi) is 4.32. The van der Waals surface area contributed by atoms with E-state index in [4.69, 9.17) is 9.26 Å². The molecule has 0 saturated carbocycles. The van der Waals surface area contributed by atoms with Gasteiger partial charge < -0.3 is 14.2 Å². The fourth-order valence-electron chi connectivity index (χ4n) is 3.05. The number of nitrogens with zero attached hydrogens (tertiary/aromatic N) is 2. The molecule has 122 valence electrons. The van der Waals surface area contributed by atoms with Crippen LogP contribution in [0.15, 0.2) is 22.7 Å². The third-order valence-electron chi connectivity index (χ3n) is 4.33. The van der Waals surface area contributed by atoms with Gasteiger partial charge in [0, 0.05) is 18.5 Å². The number of aromatic nitrogens is 1. The Morgan fingerprint density at radius 2 is 2.26 bits per heavy atom. The van der Waals surface area contributed by atoms with Crippen LogP contribution in [0.25, 0.3) is 11.0 Å². The lowest BCUT2D eigenvalue weighted by molar-refractivity contribution is -0.148. The van der Waals surface area contributed by atoms with Gasteiger partial charge in [0.1, 0.15) is 5.69 Å². The molecule has 1 aromatic heterocycles. The first-order valence-electron chi connectivity index (χ1n) is 7.79. The number of fused-ring (bicyclic) bond motifs is 1. The van der Waals surface area contributed by atoms with Crippen molar-refractivity contribution >= 4 is 22.8 Å². The van der Waals surface area contributed by atoms with Gasteiger partial charge in [0.05, 0.1) is 19.4 Å². The topological polar surface area (TPSA) is 72.6 Å². The minimum absolute atomic E-state index is 0.0321. The van der Waals surface area contributed by atoms with Gasteiger partial charge in [-0.25, -0.2) is 0 Å². The van der Waals surface area contributed by atoms with Gasteiger partial charge >= 0.3 is 5.97 Å². The Balaban J connectivity index is 1.73. The number of carbonyl (C=O) groups is 2. The molecule has 1 unspecified atom stereocenters. The molecule has 0 bridgehead atoms. The van der Waals surface area contributed by atoms with Crippen LogP contribution in [-0.4, -0.2) is 42.1 Å². The van der Waals surface area contributed by atoms with Crippen LogP contribution in [0.5, 0.6) is 0 Å². The number of esters is 1. The third-order valence-corrected chi connectivity index (χ3v) is 4.33. The van der Waals surface area contributed by atoms with Gasteiger partial charge in [-0.1, -0.05) is 16.8 Å². The monoisotopic (exact) mass is 316 g/mol. The summed E-state index contributed by atoms with van der Waals surface area (Å²) in [6, 6.07) is 5.78. The normalized spacial score (nSPS) is 18.2. The maximum absolute atomic E-state index is 12.5. The standard InChI is InChI=1S/C17H20N2O4/c1-11-5-6-15-13(8-11)14(18-23-15)9-16(20)19-7-3-4-12(10-19)17(21)22-2/h5-6,8,12H,3-4,7,9-10H2,1-2H3. The summed E-state index contributed by atoms with van der Waals surface area (Å²) in [7, 11) is 1.38. The molecule has 0 radical (unpaired) electrons. The van der Waals surface area contributed by atoms with Crippen molar-refractivity contribution in [2.75, 3.05) is 20.2 Å². The van der Waals surface area contributed by atoms with E-state index >= 15 is 0 Å². The second kappa shape index (κ2) is 6.40. The summed E-state index contributed by atoms with van der Waals surface area (Å²) in [6.45, 7) is 3.07. The van der Waals surface area contributed by atoms with Crippen molar-refractivity contribution < 1.29 is 18.8 Å². The van der Waals surface area contributed by atoms with Gasteiger partial charge in [0.15, 0.2) is 5.58 Å². The lowest BCUT2D eigenvalue weighted by atomic mass is 9.97. The smallest absolute Gasteiger partial charge is 0.310 e. The molecule has 0 spiro atoms. The summed E-state index contributed by atoms with van der Waals surface area (Å²) >= 11 is 0. The number of carbonyl (C=O) groups excluding carboxylic acids is 2. The van der Waals surface area contributed by atoms with Gasteiger partial charge in [-0.05, 0) is 31.9 Å². The second-order valence-corrected chi connectivity index (χ2v) is 6.01. The predicted molar refractivity (Wildman–Crippen MR) is 83.8 cm³/mol.